The number of nitrogens with zero attached hydrogens (tertiary/aromatic N) is 1. The van der Waals surface area contributed by atoms with Crippen LogP contribution in [0.15, 0.2) is 66.9 Å². The van der Waals surface area contributed by atoms with Gasteiger partial charge in [0.1, 0.15) is 11.0 Å². The normalized spacial score (nSPS) is 12.2. The minimum absolute atomic E-state index is 0.308. The van der Waals surface area contributed by atoms with Crippen molar-refractivity contribution in [3.05, 3.63) is 77.3 Å². The Labute approximate surface area is 191 Å². The molecule has 0 spiro atoms. The van der Waals surface area contributed by atoms with E-state index in [1.807, 2.05) is 60.8 Å². The quantitative estimate of drug-likeness (QED) is 0.348. The molecule has 8 heteroatoms. The molecule has 160 valence electrons. The third-order valence-electron chi connectivity index (χ3n) is 5.22. The summed E-state index contributed by atoms with van der Waals surface area (Å²) in [6, 6.07) is 18.7. The van der Waals surface area contributed by atoms with Crippen LogP contribution in [0.5, 0.6) is 0 Å². The minimum Gasteiger partial charge on any atom is -0.467 e. The zero-order chi connectivity index (χ0) is 22.1. The molecule has 6 nitrogen and oxygen atoms in total. The number of methoxy groups -OCH3 is 1. The highest BCUT2D eigenvalue weighted by Crippen LogP contribution is 2.34. The SMILES string of the molecule is COC(=O)C(Cc1c[nH]c2ccccc12)NC(=O)c1ccc(-c2nc3ccccc3s2)s1. The van der Waals surface area contributed by atoms with Gasteiger partial charge in [-0.3, -0.25) is 4.79 Å². The molecule has 0 aliphatic heterocycles. The Hall–Kier alpha value is -3.49. The molecule has 0 saturated carbocycles. The Morgan fingerprint density at radius 1 is 1.06 bits per heavy atom. The number of rotatable bonds is 6. The fourth-order valence-corrected chi connectivity index (χ4v) is 5.57. The lowest BCUT2D eigenvalue weighted by atomic mass is 10.0. The summed E-state index contributed by atoms with van der Waals surface area (Å²) in [6.45, 7) is 0. The molecule has 2 N–H and O–H groups in total. The fraction of sp³-hybridized carbons (Fsp3) is 0.125. The third-order valence-corrected chi connectivity index (χ3v) is 7.51. The number of aromatic amines is 1. The van der Waals surface area contributed by atoms with Crippen LogP contribution in [0.25, 0.3) is 31.0 Å². The van der Waals surface area contributed by atoms with E-state index in [-0.39, 0.29) is 5.91 Å². The zero-order valence-corrected chi connectivity index (χ0v) is 18.8. The molecule has 1 unspecified atom stereocenters. The van der Waals surface area contributed by atoms with Crippen molar-refractivity contribution >= 4 is 55.7 Å². The van der Waals surface area contributed by atoms with E-state index in [1.165, 1.54) is 18.4 Å². The van der Waals surface area contributed by atoms with Crippen LogP contribution in [0, 0.1) is 0 Å². The number of para-hydroxylation sites is 2. The van der Waals surface area contributed by atoms with E-state index in [1.54, 1.807) is 17.4 Å². The van der Waals surface area contributed by atoms with Gasteiger partial charge in [-0.05, 0) is 35.9 Å². The zero-order valence-electron chi connectivity index (χ0n) is 17.1. The third kappa shape index (κ3) is 3.90. The summed E-state index contributed by atoms with van der Waals surface area (Å²) in [4.78, 5) is 34.7. The van der Waals surface area contributed by atoms with E-state index in [0.717, 1.165) is 36.6 Å². The largest absolute Gasteiger partial charge is 0.467 e. The highest BCUT2D eigenvalue weighted by Gasteiger charge is 2.25. The van der Waals surface area contributed by atoms with Crippen molar-refractivity contribution in [2.45, 2.75) is 12.5 Å². The van der Waals surface area contributed by atoms with Gasteiger partial charge in [0.05, 0.1) is 27.1 Å². The van der Waals surface area contributed by atoms with Crippen LogP contribution in [-0.4, -0.2) is 35.0 Å². The molecule has 0 bridgehead atoms. The molecular weight excluding hydrogens is 442 g/mol. The number of carbonyl (C=O) groups is 2. The second kappa shape index (κ2) is 8.57. The molecular formula is C24H19N3O3S2. The molecule has 3 heterocycles. The number of aromatic nitrogens is 2. The average Bonchev–Trinajstić information content (AvgIpc) is 3.56. The summed E-state index contributed by atoms with van der Waals surface area (Å²) >= 11 is 2.95. The lowest BCUT2D eigenvalue weighted by molar-refractivity contribution is -0.142. The number of esters is 1. The molecule has 0 fully saturated rings. The van der Waals surface area contributed by atoms with E-state index in [2.05, 4.69) is 15.3 Å². The van der Waals surface area contributed by atoms with Gasteiger partial charge in [-0.25, -0.2) is 9.78 Å². The topological polar surface area (TPSA) is 84.1 Å². The number of ether oxygens (including phenoxy) is 1. The Morgan fingerprint density at radius 3 is 2.72 bits per heavy atom. The summed E-state index contributed by atoms with van der Waals surface area (Å²) in [6.07, 6.45) is 2.20. The molecule has 2 aromatic carbocycles. The van der Waals surface area contributed by atoms with Crippen molar-refractivity contribution in [1.82, 2.24) is 15.3 Å². The predicted molar refractivity (Wildman–Crippen MR) is 128 cm³/mol. The van der Waals surface area contributed by atoms with E-state index in [9.17, 15) is 9.59 Å². The number of hydrogen-bond donors (Lipinski definition) is 2. The Kier molecular flexibility index (Phi) is 5.46. The summed E-state index contributed by atoms with van der Waals surface area (Å²) < 4.78 is 6.05. The number of thiophene rings is 1. The first-order chi connectivity index (χ1) is 15.6. The average molecular weight is 462 g/mol. The number of amides is 1. The molecule has 1 amide bonds. The van der Waals surface area contributed by atoms with Gasteiger partial charge >= 0.3 is 5.97 Å². The van der Waals surface area contributed by atoms with Gasteiger partial charge in [0, 0.05) is 23.5 Å². The molecule has 5 rings (SSSR count). The van der Waals surface area contributed by atoms with Gasteiger partial charge in [0.2, 0.25) is 0 Å². The highest BCUT2D eigenvalue weighted by atomic mass is 32.1. The maximum Gasteiger partial charge on any atom is 0.328 e. The number of thiazole rings is 1. The summed E-state index contributed by atoms with van der Waals surface area (Å²) in [5, 5.41) is 4.74. The van der Waals surface area contributed by atoms with Crippen molar-refractivity contribution < 1.29 is 14.3 Å². The van der Waals surface area contributed by atoms with Gasteiger partial charge in [-0.15, -0.1) is 22.7 Å². The number of nitrogens with one attached hydrogen (secondary N) is 2. The molecule has 3 aromatic heterocycles. The van der Waals surface area contributed by atoms with Crippen LogP contribution >= 0.6 is 22.7 Å². The van der Waals surface area contributed by atoms with Crippen LogP contribution in [-0.2, 0) is 16.0 Å². The smallest absolute Gasteiger partial charge is 0.328 e. The van der Waals surface area contributed by atoms with Gasteiger partial charge in [-0.2, -0.15) is 0 Å². The van der Waals surface area contributed by atoms with Crippen molar-refractivity contribution in [3.8, 4) is 9.88 Å². The van der Waals surface area contributed by atoms with Crippen LogP contribution in [0.1, 0.15) is 15.2 Å². The molecule has 0 aliphatic carbocycles. The summed E-state index contributed by atoms with van der Waals surface area (Å²) in [5.41, 5.74) is 2.87. The molecule has 32 heavy (non-hydrogen) atoms. The monoisotopic (exact) mass is 461 g/mol. The van der Waals surface area contributed by atoms with E-state index in [4.69, 9.17) is 4.74 Å². The van der Waals surface area contributed by atoms with Crippen LogP contribution < -0.4 is 5.32 Å². The van der Waals surface area contributed by atoms with Crippen molar-refractivity contribution in [2.24, 2.45) is 0 Å². The lowest BCUT2D eigenvalue weighted by Crippen LogP contribution is -2.42. The van der Waals surface area contributed by atoms with E-state index >= 15 is 0 Å². The van der Waals surface area contributed by atoms with Crippen LogP contribution in [0.3, 0.4) is 0 Å². The maximum absolute atomic E-state index is 13.0. The summed E-state index contributed by atoms with van der Waals surface area (Å²) in [5.74, 6) is -0.788. The Bertz CT molecular complexity index is 1400. The standard InChI is InChI=1S/C24H19N3O3S2/c1-30-24(29)18(12-14-13-25-16-7-3-2-6-15(14)16)26-22(28)20-10-11-21(31-20)23-27-17-8-4-5-9-19(17)32-23/h2-11,13,18,25H,12H2,1H3,(H,26,28). The van der Waals surface area contributed by atoms with Crippen molar-refractivity contribution in [3.63, 3.8) is 0 Å². The van der Waals surface area contributed by atoms with Crippen molar-refractivity contribution in [2.75, 3.05) is 7.11 Å². The minimum atomic E-state index is -0.792. The number of hydrogen-bond acceptors (Lipinski definition) is 6. The molecule has 0 saturated heterocycles. The number of benzene rings is 2. The van der Waals surface area contributed by atoms with Crippen molar-refractivity contribution in [1.29, 1.82) is 0 Å². The summed E-state index contributed by atoms with van der Waals surface area (Å²) in [7, 11) is 1.33. The Morgan fingerprint density at radius 2 is 1.88 bits per heavy atom. The van der Waals surface area contributed by atoms with Gasteiger partial charge in [-0.1, -0.05) is 30.3 Å². The Balaban J connectivity index is 1.36. The van der Waals surface area contributed by atoms with Gasteiger partial charge < -0.3 is 15.0 Å². The number of carbonyl (C=O) groups excluding carboxylic acids is 2. The lowest BCUT2D eigenvalue weighted by Gasteiger charge is -2.15. The first-order valence-corrected chi connectivity index (χ1v) is 11.6. The molecule has 0 radical (unpaired) electrons. The molecule has 0 aliphatic rings. The highest BCUT2D eigenvalue weighted by molar-refractivity contribution is 7.26. The maximum atomic E-state index is 13.0. The number of fused-ring (bicyclic) bond motifs is 2. The second-order valence-corrected chi connectivity index (χ2v) is 9.38. The number of H-pyrrole nitrogens is 1. The molecule has 1 atom stereocenters. The van der Waals surface area contributed by atoms with Gasteiger partial charge in [0.15, 0.2) is 0 Å². The fourth-order valence-electron chi connectivity index (χ4n) is 3.64. The van der Waals surface area contributed by atoms with Crippen LogP contribution in [0.4, 0.5) is 0 Å². The van der Waals surface area contributed by atoms with E-state index in [0.29, 0.717) is 11.3 Å². The second-order valence-electron chi connectivity index (χ2n) is 7.26. The van der Waals surface area contributed by atoms with E-state index < -0.39 is 12.0 Å². The first-order valence-electron chi connectivity index (χ1n) is 10.0. The van der Waals surface area contributed by atoms with Crippen LogP contribution in [0.2, 0.25) is 0 Å². The van der Waals surface area contributed by atoms with Gasteiger partial charge in [0.25, 0.3) is 5.91 Å². The predicted octanol–water partition coefficient (Wildman–Crippen LogP) is 5.02. The first kappa shape index (κ1) is 20.4. The molecule has 5 aromatic rings.